The van der Waals surface area contributed by atoms with Crippen LogP contribution in [0.3, 0.4) is 0 Å². The van der Waals surface area contributed by atoms with Gasteiger partial charge in [0.25, 0.3) is 0 Å². The number of hydrogen-bond acceptors (Lipinski definition) is 3. The van der Waals surface area contributed by atoms with Crippen molar-refractivity contribution in [3.63, 3.8) is 0 Å². The van der Waals surface area contributed by atoms with Crippen LogP contribution < -0.4 is 0 Å². The Hall–Kier alpha value is -0.830. The molecular formula is C6H8N2O. The molecular weight excluding hydrogens is 116 g/mol. The van der Waals surface area contributed by atoms with Gasteiger partial charge in [0.05, 0.1) is 12.3 Å². The largest absolute Gasteiger partial charge is 0.353 e. The number of nitrogens with zero attached hydrogens (tertiary/aromatic N) is 2. The first-order valence-corrected chi connectivity index (χ1v) is 3.03. The van der Waals surface area contributed by atoms with Gasteiger partial charge >= 0.3 is 0 Å². The summed E-state index contributed by atoms with van der Waals surface area (Å²) in [4.78, 5) is 0. The maximum Gasteiger partial charge on any atom is 0.140 e. The van der Waals surface area contributed by atoms with E-state index in [9.17, 15) is 0 Å². The molecule has 3 nitrogen and oxygen atoms in total. The highest BCUT2D eigenvalue weighted by Gasteiger charge is 2.16. The third-order valence-electron chi connectivity index (χ3n) is 1.47. The Balaban J connectivity index is 2.22. The van der Waals surface area contributed by atoms with Gasteiger partial charge in [0, 0.05) is 12.6 Å². The molecule has 1 saturated heterocycles. The summed E-state index contributed by atoms with van der Waals surface area (Å²) in [6, 6.07) is 0. The van der Waals surface area contributed by atoms with E-state index < -0.39 is 0 Å². The first kappa shape index (κ1) is 4.99. The van der Waals surface area contributed by atoms with Gasteiger partial charge in [0.1, 0.15) is 6.73 Å². The van der Waals surface area contributed by atoms with Crippen molar-refractivity contribution in [3.05, 3.63) is 11.8 Å². The van der Waals surface area contributed by atoms with Gasteiger partial charge in [-0.15, -0.1) is 0 Å². The number of fused-ring (bicyclic) bond motifs is 1. The Morgan fingerprint density at radius 1 is 1.67 bits per heavy atom. The smallest absolute Gasteiger partial charge is 0.140 e. The van der Waals surface area contributed by atoms with Gasteiger partial charge in [-0.25, -0.2) is 5.01 Å². The highest BCUT2D eigenvalue weighted by Crippen LogP contribution is 2.16. The maximum atomic E-state index is 5.14. The second-order valence-electron chi connectivity index (χ2n) is 2.11. The molecule has 2 aliphatic heterocycles. The summed E-state index contributed by atoms with van der Waals surface area (Å²) >= 11 is 0. The lowest BCUT2D eigenvalue weighted by Crippen LogP contribution is -2.13. The van der Waals surface area contributed by atoms with E-state index in [0.29, 0.717) is 6.73 Å². The van der Waals surface area contributed by atoms with Crippen LogP contribution in [-0.4, -0.2) is 24.6 Å². The molecule has 0 spiro atoms. The summed E-state index contributed by atoms with van der Waals surface area (Å²) in [5.74, 6) is 0. The van der Waals surface area contributed by atoms with Gasteiger partial charge < -0.3 is 4.74 Å². The summed E-state index contributed by atoms with van der Waals surface area (Å²) in [7, 11) is 0. The van der Waals surface area contributed by atoms with Gasteiger partial charge in [0.2, 0.25) is 0 Å². The molecule has 9 heavy (non-hydrogen) atoms. The molecule has 1 fully saturated rings. The maximum absolute atomic E-state index is 5.14. The fourth-order valence-corrected chi connectivity index (χ4v) is 1.00. The number of hydrazone groups is 1. The van der Waals surface area contributed by atoms with Gasteiger partial charge in [0.15, 0.2) is 0 Å². The predicted molar refractivity (Wildman–Crippen MR) is 33.8 cm³/mol. The van der Waals surface area contributed by atoms with Crippen molar-refractivity contribution in [2.45, 2.75) is 6.42 Å². The molecule has 0 aromatic rings. The molecule has 0 unspecified atom stereocenters. The highest BCUT2D eigenvalue weighted by atomic mass is 16.5. The first-order valence-electron chi connectivity index (χ1n) is 3.03. The Labute approximate surface area is 53.6 Å². The van der Waals surface area contributed by atoms with Gasteiger partial charge in [-0.3, -0.25) is 0 Å². The second-order valence-corrected chi connectivity index (χ2v) is 2.11. The molecule has 3 heteroatoms. The Bertz CT molecular complexity index is 174. The van der Waals surface area contributed by atoms with E-state index in [-0.39, 0.29) is 0 Å². The molecule has 2 aliphatic rings. The SMILES string of the molecule is C1=NN2COCC2=CC1. The molecule has 0 saturated carbocycles. The van der Waals surface area contributed by atoms with E-state index in [0.717, 1.165) is 13.0 Å². The molecule has 0 bridgehead atoms. The van der Waals surface area contributed by atoms with Crippen LogP contribution >= 0.6 is 0 Å². The monoisotopic (exact) mass is 124 g/mol. The third kappa shape index (κ3) is 0.733. The van der Waals surface area contributed by atoms with Crippen LogP contribution in [0.15, 0.2) is 16.9 Å². The zero-order chi connectivity index (χ0) is 6.10. The topological polar surface area (TPSA) is 24.8 Å². The van der Waals surface area contributed by atoms with Crippen LogP contribution in [0.4, 0.5) is 0 Å². The summed E-state index contributed by atoms with van der Waals surface area (Å²) in [6.07, 6.45) is 4.98. The Morgan fingerprint density at radius 2 is 2.67 bits per heavy atom. The second kappa shape index (κ2) is 1.84. The van der Waals surface area contributed by atoms with Crippen molar-refractivity contribution >= 4 is 6.21 Å². The van der Waals surface area contributed by atoms with Crippen molar-refractivity contribution in [2.24, 2.45) is 5.10 Å². The van der Waals surface area contributed by atoms with E-state index in [2.05, 4.69) is 11.2 Å². The van der Waals surface area contributed by atoms with Crippen LogP contribution in [-0.2, 0) is 4.74 Å². The van der Waals surface area contributed by atoms with Crippen molar-refractivity contribution in [3.8, 4) is 0 Å². The normalized spacial score (nSPS) is 24.0. The third-order valence-corrected chi connectivity index (χ3v) is 1.47. The van der Waals surface area contributed by atoms with Crippen LogP contribution in [0, 0.1) is 0 Å². The van der Waals surface area contributed by atoms with Crippen molar-refractivity contribution in [1.82, 2.24) is 5.01 Å². The first-order chi connectivity index (χ1) is 4.47. The van der Waals surface area contributed by atoms with E-state index in [1.807, 2.05) is 11.2 Å². The van der Waals surface area contributed by atoms with Gasteiger partial charge in [-0.05, 0) is 0 Å². The molecule has 48 valence electrons. The number of rotatable bonds is 0. The number of allylic oxidation sites excluding steroid dienone is 1. The molecule has 2 heterocycles. The summed E-state index contributed by atoms with van der Waals surface area (Å²) in [5, 5.41) is 5.98. The molecule has 0 atom stereocenters. The minimum absolute atomic E-state index is 0.627. The lowest BCUT2D eigenvalue weighted by atomic mass is 10.3. The minimum Gasteiger partial charge on any atom is -0.353 e. The summed E-state index contributed by atoms with van der Waals surface area (Å²) in [5.41, 5.74) is 1.21. The lowest BCUT2D eigenvalue weighted by molar-refractivity contribution is 0.144. The van der Waals surface area contributed by atoms with E-state index in [4.69, 9.17) is 4.74 Å². The van der Waals surface area contributed by atoms with Crippen molar-refractivity contribution in [2.75, 3.05) is 13.3 Å². The van der Waals surface area contributed by atoms with Crippen molar-refractivity contribution < 1.29 is 4.74 Å². The molecule has 0 aromatic carbocycles. The van der Waals surface area contributed by atoms with Crippen LogP contribution in [0.1, 0.15) is 6.42 Å². The van der Waals surface area contributed by atoms with E-state index in [1.165, 1.54) is 5.70 Å². The highest BCUT2D eigenvalue weighted by molar-refractivity contribution is 5.60. The number of hydrogen-bond donors (Lipinski definition) is 0. The Morgan fingerprint density at radius 3 is 3.56 bits per heavy atom. The Kier molecular flexibility index (Phi) is 1.02. The summed E-state index contributed by atoms with van der Waals surface area (Å²) in [6.45, 7) is 1.36. The zero-order valence-corrected chi connectivity index (χ0v) is 5.08. The fourth-order valence-electron chi connectivity index (χ4n) is 1.00. The van der Waals surface area contributed by atoms with Crippen molar-refractivity contribution in [1.29, 1.82) is 0 Å². The quantitative estimate of drug-likeness (QED) is 0.471. The lowest BCUT2D eigenvalue weighted by Gasteiger charge is -2.12. The average Bonchev–Trinajstić information content (AvgIpc) is 2.33. The van der Waals surface area contributed by atoms with Crippen LogP contribution in [0.5, 0.6) is 0 Å². The predicted octanol–water partition coefficient (Wildman–Crippen LogP) is 0.549. The molecule has 0 amide bonds. The van der Waals surface area contributed by atoms with Crippen LogP contribution in [0.25, 0.3) is 0 Å². The van der Waals surface area contributed by atoms with Crippen LogP contribution in [0.2, 0.25) is 0 Å². The minimum atomic E-state index is 0.627. The zero-order valence-electron chi connectivity index (χ0n) is 5.08. The van der Waals surface area contributed by atoms with Gasteiger partial charge in [-0.1, -0.05) is 6.08 Å². The van der Waals surface area contributed by atoms with Gasteiger partial charge in [-0.2, -0.15) is 5.10 Å². The molecule has 0 aromatic heterocycles. The van der Waals surface area contributed by atoms with E-state index >= 15 is 0 Å². The molecule has 0 aliphatic carbocycles. The number of ether oxygens (including phenoxy) is 1. The average molecular weight is 124 g/mol. The molecule has 0 radical (unpaired) electrons. The van der Waals surface area contributed by atoms with E-state index in [1.54, 1.807) is 0 Å². The standard InChI is InChI=1S/C6H8N2O/c1-2-6-4-9-5-8(6)7-3-1/h2-3H,1,4-5H2. The summed E-state index contributed by atoms with van der Waals surface area (Å²) < 4.78 is 5.14. The fraction of sp³-hybridized carbons (Fsp3) is 0.500. The molecule has 2 rings (SSSR count). The molecule has 0 N–H and O–H groups in total.